The molecule has 1 N–H and O–H groups in total. The highest BCUT2D eigenvalue weighted by molar-refractivity contribution is 7.93. The average Bonchev–Trinajstić information content (AvgIpc) is 2.78. The van der Waals surface area contributed by atoms with Gasteiger partial charge >= 0.3 is 0 Å². The fourth-order valence-corrected chi connectivity index (χ4v) is 4.63. The van der Waals surface area contributed by atoms with Gasteiger partial charge in [-0.1, -0.05) is 31.2 Å². The molecule has 0 fully saturated rings. The van der Waals surface area contributed by atoms with Crippen molar-refractivity contribution in [3.63, 3.8) is 0 Å². The van der Waals surface area contributed by atoms with Gasteiger partial charge in [0.05, 0.1) is 33.3 Å². The van der Waals surface area contributed by atoms with Crippen molar-refractivity contribution < 1.29 is 18.6 Å². The van der Waals surface area contributed by atoms with Gasteiger partial charge in [0, 0.05) is 6.99 Å². The number of aromatic nitrogens is 3. The van der Waals surface area contributed by atoms with Gasteiger partial charge in [-0.05, 0) is 57.0 Å². The minimum atomic E-state index is -3.56. The van der Waals surface area contributed by atoms with E-state index in [1.807, 2.05) is 25.1 Å². The van der Waals surface area contributed by atoms with Crippen LogP contribution < -0.4 is 4.72 Å². The zero-order valence-electron chi connectivity index (χ0n) is 18.5. The largest absolute Gasteiger partial charge is 0.267 e. The lowest BCUT2D eigenvalue weighted by Gasteiger charge is -2.34. The average molecular weight is 473 g/mol. The van der Waals surface area contributed by atoms with E-state index in [4.69, 9.17) is 0 Å². The van der Waals surface area contributed by atoms with E-state index in [-0.39, 0.29) is 18.5 Å². The molecule has 1 unspecified atom stereocenters. The van der Waals surface area contributed by atoms with Crippen molar-refractivity contribution in [3.8, 4) is 11.3 Å². The van der Waals surface area contributed by atoms with Crippen molar-refractivity contribution in [1.29, 1.82) is 0 Å². The van der Waals surface area contributed by atoms with E-state index in [1.165, 1.54) is 18.2 Å². The number of nitrogens with one attached hydrogen (secondary N) is 1. The third kappa shape index (κ3) is 4.13. The van der Waals surface area contributed by atoms with Gasteiger partial charge in [0.15, 0.2) is 0 Å². The molecule has 0 bridgehead atoms. The second-order valence-corrected chi connectivity index (χ2v) is 10.5. The molecule has 0 saturated heterocycles. The molecular formula is C24H26F2N4O2S. The number of hydrogen-bond acceptors (Lipinski definition) is 5. The van der Waals surface area contributed by atoms with Crippen molar-refractivity contribution in [3.05, 3.63) is 77.1 Å². The summed E-state index contributed by atoms with van der Waals surface area (Å²) in [6.07, 6.45) is 5.00. The number of sulfonamides is 1. The van der Waals surface area contributed by atoms with Gasteiger partial charge in [0.2, 0.25) is 10.0 Å². The lowest BCUT2D eigenvalue weighted by Crippen LogP contribution is -2.32. The molecule has 4 rings (SSSR count). The molecule has 2 heterocycles. The Labute approximate surface area is 193 Å². The third-order valence-corrected chi connectivity index (χ3v) is 7.70. The molecule has 1 aliphatic rings. The monoisotopic (exact) mass is 472 g/mol. The van der Waals surface area contributed by atoms with Gasteiger partial charge in [-0.15, -0.1) is 5.10 Å². The van der Waals surface area contributed by atoms with Crippen LogP contribution in [0.15, 0.2) is 48.5 Å². The van der Waals surface area contributed by atoms with Crippen LogP contribution in [0.5, 0.6) is 0 Å². The Morgan fingerprint density at radius 3 is 2.48 bits per heavy atom. The fourth-order valence-electron chi connectivity index (χ4n) is 3.99. The van der Waals surface area contributed by atoms with Gasteiger partial charge in [-0.2, -0.15) is 5.10 Å². The van der Waals surface area contributed by atoms with Gasteiger partial charge in [0.1, 0.15) is 17.5 Å². The summed E-state index contributed by atoms with van der Waals surface area (Å²) < 4.78 is 55.8. The summed E-state index contributed by atoms with van der Waals surface area (Å²) in [5, 5.41) is 7.95. The zero-order valence-corrected chi connectivity index (χ0v) is 19.3. The van der Waals surface area contributed by atoms with E-state index in [2.05, 4.69) is 19.9 Å². The zero-order chi connectivity index (χ0) is 23.8. The molecule has 9 heteroatoms. The van der Waals surface area contributed by atoms with Gasteiger partial charge in [0.25, 0.3) is 0 Å². The fraction of sp³-hybridized carbons (Fsp3) is 0.292. The number of anilines is 1. The van der Waals surface area contributed by atoms with Crippen LogP contribution in [0, 0.1) is 11.6 Å². The number of fused-ring (bicyclic) bond motifs is 1. The number of hydrogen-bond donors (Lipinski definition) is 1. The molecule has 0 saturated carbocycles. The number of halogens is 2. The molecule has 174 valence electrons. The predicted molar refractivity (Wildman–Crippen MR) is 126 cm³/mol. The number of allylic oxidation sites excluding steroid dienone is 1. The Hall–Kier alpha value is -3.20. The Balaban J connectivity index is 0.00000324. The highest BCUT2D eigenvalue weighted by Crippen LogP contribution is 2.43. The molecule has 2 aromatic heterocycles. The first-order chi connectivity index (χ1) is 15.7. The summed E-state index contributed by atoms with van der Waals surface area (Å²) in [7, 11) is -3.56. The van der Waals surface area contributed by atoms with Gasteiger partial charge < -0.3 is 0 Å². The highest BCUT2D eigenvalue weighted by Gasteiger charge is 2.39. The lowest BCUT2D eigenvalue weighted by atomic mass is 9.71. The maximum atomic E-state index is 14.3. The number of benzene rings is 1. The molecule has 0 radical (unpaired) electrons. The van der Waals surface area contributed by atoms with Crippen LogP contribution in [0.1, 0.15) is 52.0 Å². The molecule has 1 aliphatic carbocycles. The predicted octanol–water partition coefficient (Wildman–Crippen LogP) is 5.33. The molecular weight excluding hydrogens is 446 g/mol. The van der Waals surface area contributed by atoms with Crippen molar-refractivity contribution in [1.82, 2.24) is 15.2 Å². The standard InChI is InChI=1S/C24H24F2N4O2S.H2/c1-4-24(20-11-6-12-21(27-20)30-33(31,32)15(2)3)13-7-8-16-14-19(28-29-23(16)24)22-17(25)9-5-10-18(22)26;/h5-12,14-15H,4,13H2,1-3H3,(H,27,30);1H. The molecule has 6 nitrogen and oxygen atoms in total. The molecule has 0 spiro atoms. The summed E-state index contributed by atoms with van der Waals surface area (Å²) in [6.45, 7) is 5.17. The van der Waals surface area contributed by atoms with E-state index in [1.54, 1.807) is 32.0 Å². The summed E-state index contributed by atoms with van der Waals surface area (Å²) in [6, 6.07) is 10.4. The van der Waals surface area contributed by atoms with Crippen LogP contribution in [0.2, 0.25) is 0 Å². The first kappa shape index (κ1) is 23.0. The normalized spacial score (nSPS) is 17.8. The first-order valence-corrected chi connectivity index (χ1v) is 12.2. The van der Waals surface area contributed by atoms with E-state index in [0.717, 1.165) is 0 Å². The van der Waals surface area contributed by atoms with E-state index < -0.39 is 32.3 Å². The second kappa shape index (κ2) is 8.62. The minimum Gasteiger partial charge on any atom is -0.267 e. The van der Waals surface area contributed by atoms with Crippen LogP contribution >= 0.6 is 0 Å². The van der Waals surface area contributed by atoms with Crippen molar-refractivity contribution in [2.75, 3.05) is 4.72 Å². The quantitative estimate of drug-likeness (QED) is 0.524. The SMILES string of the molecule is CCC1(c2cccc(NS(=O)(=O)C(C)C)n2)CC=Cc2cc(-c3c(F)cccc3F)nnc21.[HH]. The van der Waals surface area contributed by atoms with Crippen molar-refractivity contribution in [2.24, 2.45) is 0 Å². The van der Waals surface area contributed by atoms with Crippen LogP contribution in [0.4, 0.5) is 14.6 Å². The first-order valence-electron chi connectivity index (χ1n) is 10.7. The molecule has 0 aliphatic heterocycles. The Bertz CT molecular complexity index is 1330. The summed E-state index contributed by atoms with van der Waals surface area (Å²) in [5.74, 6) is -1.20. The van der Waals surface area contributed by atoms with E-state index in [9.17, 15) is 17.2 Å². The van der Waals surface area contributed by atoms with Crippen molar-refractivity contribution >= 4 is 21.9 Å². The minimum absolute atomic E-state index is 0. The van der Waals surface area contributed by atoms with Crippen molar-refractivity contribution in [2.45, 2.75) is 44.3 Å². The summed E-state index contributed by atoms with van der Waals surface area (Å²) in [4.78, 5) is 4.60. The molecule has 1 aromatic carbocycles. The third-order valence-electron chi connectivity index (χ3n) is 5.97. The number of nitrogens with zero attached hydrogens (tertiary/aromatic N) is 3. The summed E-state index contributed by atoms with van der Waals surface area (Å²) >= 11 is 0. The maximum Gasteiger partial charge on any atom is 0.236 e. The number of pyridine rings is 1. The maximum absolute atomic E-state index is 14.3. The number of rotatable bonds is 6. The molecule has 0 amide bonds. The Kier molecular flexibility index (Phi) is 6.00. The molecule has 1 atom stereocenters. The molecule has 33 heavy (non-hydrogen) atoms. The Morgan fingerprint density at radius 1 is 1.12 bits per heavy atom. The van der Waals surface area contributed by atoms with E-state index in [0.29, 0.717) is 29.8 Å². The Morgan fingerprint density at radius 2 is 1.82 bits per heavy atom. The van der Waals surface area contributed by atoms with Crippen LogP contribution in [-0.4, -0.2) is 28.8 Å². The van der Waals surface area contributed by atoms with E-state index >= 15 is 0 Å². The lowest BCUT2D eigenvalue weighted by molar-refractivity contribution is 0.463. The molecule has 3 aromatic rings. The topological polar surface area (TPSA) is 84.8 Å². The highest BCUT2D eigenvalue weighted by atomic mass is 32.2. The van der Waals surface area contributed by atoms with Gasteiger partial charge in [-0.3, -0.25) is 4.72 Å². The van der Waals surface area contributed by atoms with Crippen LogP contribution in [0.25, 0.3) is 17.3 Å². The second-order valence-electron chi connectivity index (χ2n) is 8.28. The van der Waals surface area contributed by atoms with Crippen LogP contribution in [0.3, 0.4) is 0 Å². The smallest absolute Gasteiger partial charge is 0.236 e. The van der Waals surface area contributed by atoms with Crippen LogP contribution in [-0.2, 0) is 15.4 Å². The summed E-state index contributed by atoms with van der Waals surface area (Å²) in [5.41, 5.74) is 1.17. The van der Waals surface area contributed by atoms with Gasteiger partial charge in [-0.25, -0.2) is 22.2 Å².